The lowest BCUT2D eigenvalue weighted by Crippen LogP contribution is -1.94. The second-order valence-electron chi connectivity index (χ2n) is 4.98. The zero-order valence-corrected chi connectivity index (χ0v) is 13.8. The number of carboxylic acids is 1. The molecule has 1 aromatic carbocycles. The maximum atomic E-state index is 10.6. The highest BCUT2D eigenvalue weighted by atomic mass is 79.9. The molecule has 0 aliphatic heterocycles. The summed E-state index contributed by atoms with van der Waals surface area (Å²) in [5.74, 6) is -0.734. The van der Waals surface area contributed by atoms with E-state index in [1.165, 1.54) is 0 Å². The monoisotopic (exact) mass is 359 g/mol. The van der Waals surface area contributed by atoms with Gasteiger partial charge in [-0.15, -0.1) is 0 Å². The van der Waals surface area contributed by atoms with Gasteiger partial charge in [-0.3, -0.25) is 9.78 Å². The molecule has 1 heterocycles. The number of rotatable bonds is 7. The van der Waals surface area contributed by atoms with Crippen LogP contribution in [0, 0.1) is 0 Å². The Morgan fingerprint density at radius 2 is 2.00 bits per heavy atom. The lowest BCUT2D eigenvalue weighted by atomic mass is 9.97. The van der Waals surface area contributed by atoms with Gasteiger partial charge in [0.15, 0.2) is 0 Å². The minimum Gasteiger partial charge on any atom is -0.481 e. The van der Waals surface area contributed by atoms with Crippen molar-refractivity contribution < 1.29 is 9.90 Å². The Kier molecular flexibility index (Phi) is 6.34. The molecule has 1 aromatic heterocycles. The van der Waals surface area contributed by atoms with Crippen molar-refractivity contribution in [1.82, 2.24) is 4.98 Å². The molecule has 3 nitrogen and oxygen atoms in total. The van der Waals surface area contributed by atoms with E-state index in [4.69, 9.17) is 5.11 Å². The molecule has 4 heteroatoms. The summed E-state index contributed by atoms with van der Waals surface area (Å²) in [5.41, 5.74) is 3.30. The Bertz CT molecular complexity index is 653. The van der Waals surface area contributed by atoms with E-state index < -0.39 is 5.97 Å². The molecule has 0 spiro atoms. The fraction of sp³-hybridized carbons (Fsp3) is 0.222. The van der Waals surface area contributed by atoms with Crippen LogP contribution in [0.5, 0.6) is 0 Å². The molecule has 0 unspecified atom stereocenters. The zero-order valence-electron chi connectivity index (χ0n) is 12.2. The number of hydrogen-bond acceptors (Lipinski definition) is 2. The number of hydrogen-bond donors (Lipinski definition) is 1. The Labute approximate surface area is 138 Å². The number of aliphatic carboxylic acids is 1. The van der Waals surface area contributed by atoms with E-state index in [1.807, 2.05) is 36.5 Å². The molecule has 0 atom stereocenters. The zero-order chi connectivity index (χ0) is 15.8. The first-order valence-electron chi connectivity index (χ1n) is 7.25. The maximum Gasteiger partial charge on any atom is 0.303 e. The van der Waals surface area contributed by atoms with Crippen LogP contribution in [0.25, 0.3) is 5.57 Å². The highest BCUT2D eigenvalue weighted by molar-refractivity contribution is 9.10. The number of carboxylic acid groups (broad SMARTS) is 1. The Balaban J connectivity index is 2.20. The first-order valence-corrected chi connectivity index (χ1v) is 8.05. The lowest BCUT2D eigenvalue weighted by molar-refractivity contribution is -0.137. The number of pyridine rings is 1. The van der Waals surface area contributed by atoms with Crippen molar-refractivity contribution in [2.45, 2.75) is 25.7 Å². The van der Waals surface area contributed by atoms with Crippen LogP contribution in [0.4, 0.5) is 0 Å². The minimum atomic E-state index is -0.734. The minimum absolute atomic E-state index is 0.227. The van der Waals surface area contributed by atoms with Crippen LogP contribution in [0.2, 0.25) is 0 Å². The molecular weight excluding hydrogens is 342 g/mol. The summed E-state index contributed by atoms with van der Waals surface area (Å²) in [7, 11) is 0. The van der Waals surface area contributed by atoms with Gasteiger partial charge in [0.05, 0.1) is 0 Å². The number of halogens is 1. The molecule has 0 saturated heterocycles. The van der Waals surface area contributed by atoms with Crippen molar-refractivity contribution in [3.63, 3.8) is 0 Å². The number of nitrogens with zero attached hydrogens (tertiary/aromatic N) is 1. The summed E-state index contributed by atoms with van der Waals surface area (Å²) in [6.07, 6.45) is 8.40. The van der Waals surface area contributed by atoms with Gasteiger partial charge in [0.25, 0.3) is 0 Å². The van der Waals surface area contributed by atoms with Crippen molar-refractivity contribution in [3.8, 4) is 0 Å². The molecule has 0 amide bonds. The van der Waals surface area contributed by atoms with Crippen LogP contribution in [0.1, 0.15) is 36.8 Å². The van der Waals surface area contributed by atoms with Gasteiger partial charge in [-0.25, -0.2) is 0 Å². The van der Waals surface area contributed by atoms with Crippen molar-refractivity contribution in [3.05, 3.63) is 70.5 Å². The molecule has 22 heavy (non-hydrogen) atoms. The van der Waals surface area contributed by atoms with Crippen LogP contribution in [-0.2, 0) is 4.79 Å². The van der Waals surface area contributed by atoms with Crippen LogP contribution in [-0.4, -0.2) is 16.1 Å². The molecule has 0 bridgehead atoms. The molecule has 114 valence electrons. The van der Waals surface area contributed by atoms with E-state index in [0.29, 0.717) is 6.42 Å². The van der Waals surface area contributed by atoms with E-state index in [-0.39, 0.29) is 6.42 Å². The number of carbonyl (C=O) groups is 1. The van der Waals surface area contributed by atoms with Crippen molar-refractivity contribution in [2.75, 3.05) is 0 Å². The van der Waals surface area contributed by atoms with Crippen molar-refractivity contribution in [1.29, 1.82) is 0 Å². The van der Waals surface area contributed by atoms with Gasteiger partial charge in [-0.1, -0.05) is 46.3 Å². The van der Waals surface area contributed by atoms with Gasteiger partial charge in [0.2, 0.25) is 0 Å². The predicted octanol–water partition coefficient (Wildman–Crippen LogP) is 4.92. The molecule has 2 rings (SSSR count). The number of allylic oxidation sites excluding steroid dienone is 1. The number of aromatic nitrogens is 1. The van der Waals surface area contributed by atoms with E-state index in [9.17, 15) is 4.79 Å². The summed E-state index contributed by atoms with van der Waals surface area (Å²) >= 11 is 3.60. The van der Waals surface area contributed by atoms with Crippen molar-refractivity contribution in [2.24, 2.45) is 0 Å². The van der Waals surface area contributed by atoms with E-state index in [2.05, 4.69) is 33.1 Å². The van der Waals surface area contributed by atoms with E-state index in [0.717, 1.165) is 34.0 Å². The molecule has 0 aliphatic carbocycles. The average Bonchev–Trinajstić information content (AvgIpc) is 2.52. The summed E-state index contributed by atoms with van der Waals surface area (Å²) in [6, 6.07) is 12.0. The summed E-state index contributed by atoms with van der Waals surface area (Å²) in [5, 5.41) is 8.68. The molecule has 1 N–H and O–H groups in total. The second-order valence-corrected chi connectivity index (χ2v) is 5.83. The fourth-order valence-electron chi connectivity index (χ4n) is 2.25. The second kappa shape index (κ2) is 8.49. The standard InChI is InChI=1S/C18H18BrNO2/c19-17-10-5-4-9-16(17)15(14-7-6-12-20-13-14)8-2-1-3-11-18(21)22/h4-10,12-13H,1-3,11H2,(H,21,22). The highest BCUT2D eigenvalue weighted by Gasteiger charge is 2.08. The normalized spacial score (nSPS) is 11.4. The van der Waals surface area contributed by atoms with Gasteiger partial charge in [-0.2, -0.15) is 0 Å². The van der Waals surface area contributed by atoms with E-state index >= 15 is 0 Å². The first kappa shape index (κ1) is 16.4. The maximum absolute atomic E-state index is 10.6. The molecule has 0 radical (unpaired) electrons. The van der Waals surface area contributed by atoms with Crippen molar-refractivity contribution >= 4 is 27.5 Å². The topological polar surface area (TPSA) is 50.2 Å². The third-order valence-electron chi connectivity index (χ3n) is 3.33. The number of benzene rings is 1. The smallest absolute Gasteiger partial charge is 0.303 e. The lowest BCUT2D eigenvalue weighted by Gasteiger charge is -2.10. The van der Waals surface area contributed by atoms with Gasteiger partial charge >= 0.3 is 5.97 Å². The average molecular weight is 360 g/mol. The summed E-state index contributed by atoms with van der Waals surface area (Å²) < 4.78 is 1.04. The fourth-order valence-corrected chi connectivity index (χ4v) is 2.75. The molecule has 2 aromatic rings. The Morgan fingerprint density at radius 3 is 2.68 bits per heavy atom. The van der Waals surface area contributed by atoms with Gasteiger partial charge in [0.1, 0.15) is 0 Å². The Hall–Kier alpha value is -1.94. The highest BCUT2D eigenvalue weighted by Crippen LogP contribution is 2.29. The largest absolute Gasteiger partial charge is 0.481 e. The van der Waals surface area contributed by atoms with Crippen LogP contribution >= 0.6 is 15.9 Å². The third-order valence-corrected chi connectivity index (χ3v) is 4.02. The van der Waals surface area contributed by atoms with Gasteiger partial charge in [-0.05, 0) is 42.5 Å². The number of unbranched alkanes of at least 4 members (excludes halogenated alkanes) is 2. The van der Waals surface area contributed by atoms with Crippen LogP contribution in [0.15, 0.2) is 59.3 Å². The van der Waals surface area contributed by atoms with Gasteiger partial charge < -0.3 is 5.11 Å². The van der Waals surface area contributed by atoms with E-state index in [1.54, 1.807) is 6.20 Å². The predicted molar refractivity (Wildman–Crippen MR) is 91.6 cm³/mol. The summed E-state index contributed by atoms with van der Waals surface area (Å²) in [6.45, 7) is 0. The molecule has 0 saturated carbocycles. The quantitative estimate of drug-likeness (QED) is 0.713. The molecular formula is C18H18BrNO2. The third kappa shape index (κ3) is 4.81. The summed E-state index contributed by atoms with van der Waals surface area (Å²) in [4.78, 5) is 14.7. The Morgan fingerprint density at radius 1 is 1.18 bits per heavy atom. The van der Waals surface area contributed by atoms with Crippen LogP contribution in [0.3, 0.4) is 0 Å². The first-order chi connectivity index (χ1) is 10.7. The molecule has 0 fully saturated rings. The SMILES string of the molecule is O=C(O)CCCCC=C(c1cccnc1)c1ccccc1Br. The van der Waals surface area contributed by atoms with Gasteiger partial charge in [0, 0.05) is 28.9 Å². The molecule has 0 aliphatic rings. The van der Waals surface area contributed by atoms with Crippen LogP contribution < -0.4 is 0 Å².